The van der Waals surface area contributed by atoms with Crippen molar-refractivity contribution in [3.63, 3.8) is 0 Å². The van der Waals surface area contributed by atoms with Gasteiger partial charge in [0.1, 0.15) is 5.82 Å². The molecule has 0 saturated heterocycles. The number of halogens is 3. The van der Waals surface area contributed by atoms with E-state index in [1.165, 1.54) is 18.3 Å². The maximum Gasteiger partial charge on any atom is 0.253 e. The number of amides is 1. The highest BCUT2D eigenvalue weighted by Gasteiger charge is 2.13. The number of rotatable bonds is 3. The highest BCUT2D eigenvalue weighted by atomic mass is 35.5. The summed E-state index contributed by atoms with van der Waals surface area (Å²) in [6.45, 7) is 0.128. The molecular weight excluding hydrogens is 306 g/mol. The molecule has 104 valence electrons. The van der Waals surface area contributed by atoms with E-state index >= 15 is 0 Å². The molecule has 0 spiro atoms. The SMILES string of the molecule is O=C(NCc1cc[nH]c(=O)c1)c1cc(F)c(Cl)cc1Cl. The van der Waals surface area contributed by atoms with Crippen molar-refractivity contribution in [2.24, 2.45) is 0 Å². The minimum atomic E-state index is -0.725. The maximum atomic E-state index is 13.3. The molecule has 1 aromatic carbocycles. The van der Waals surface area contributed by atoms with Crippen molar-refractivity contribution in [1.82, 2.24) is 10.3 Å². The molecule has 20 heavy (non-hydrogen) atoms. The van der Waals surface area contributed by atoms with Crippen LogP contribution < -0.4 is 10.9 Å². The third-order valence-electron chi connectivity index (χ3n) is 2.55. The lowest BCUT2D eigenvalue weighted by Gasteiger charge is -2.07. The normalized spacial score (nSPS) is 10.3. The Bertz CT molecular complexity index is 716. The fourth-order valence-electron chi connectivity index (χ4n) is 1.57. The number of pyridine rings is 1. The Kier molecular flexibility index (Phi) is 4.42. The summed E-state index contributed by atoms with van der Waals surface area (Å²) in [6.07, 6.45) is 1.47. The minimum absolute atomic E-state index is 0.0154. The fraction of sp³-hybridized carbons (Fsp3) is 0.0769. The first-order valence-corrected chi connectivity index (χ1v) is 6.33. The molecule has 0 fully saturated rings. The first-order valence-electron chi connectivity index (χ1n) is 5.58. The van der Waals surface area contributed by atoms with Gasteiger partial charge in [-0.1, -0.05) is 23.2 Å². The number of aromatic amines is 1. The molecule has 0 bridgehead atoms. The van der Waals surface area contributed by atoms with E-state index in [9.17, 15) is 14.0 Å². The number of nitrogens with one attached hydrogen (secondary N) is 2. The van der Waals surface area contributed by atoms with Gasteiger partial charge in [0.05, 0.1) is 15.6 Å². The molecular formula is C13H9Cl2FN2O2. The third-order valence-corrected chi connectivity index (χ3v) is 3.15. The predicted octanol–water partition coefficient (Wildman–Crippen LogP) is 2.75. The monoisotopic (exact) mass is 314 g/mol. The molecule has 1 amide bonds. The van der Waals surface area contributed by atoms with Crippen LogP contribution in [0, 0.1) is 5.82 Å². The van der Waals surface area contributed by atoms with Crippen molar-refractivity contribution in [2.75, 3.05) is 0 Å². The van der Waals surface area contributed by atoms with E-state index < -0.39 is 11.7 Å². The molecule has 0 radical (unpaired) electrons. The van der Waals surface area contributed by atoms with Gasteiger partial charge < -0.3 is 10.3 Å². The van der Waals surface area contributed by atoms with Crippen LogP contribution in [0.5, 0.6) is 0 Å². The first-order chi connectivity index (χ1) is 9.47. The van der Waals surface area contributed by atoms with Gasteiger partial charge in [0.2, 0.25) is 5.56 Å². The molecule has 0 aliphatic heterocycles. The summed E-state index contributed by atoms with van der Waals surface area (Å²) in [5.41, 5.74) is 0.332. The number of aromatic nitrogens is 1. The Balaban J connectivity index is 2.13. The molecule has 2 rings (SSSR count). The van der Waals surface area contributed by atoms with E-state index in [-0.39, 0.29) is 27.7 Å². The fourth-order valence-corrected chi connectivity index (χ4v) is 2.04. The van der Waals surface area contributed by atoms with E-state index in [2.05, 4.69) is 10.3 Å². The molecule has 4 nitrogen and oxygen atoms in total. The van der Waals surface area contributed by atoms with Crippen LogP contribution in [-0.2, 0) is 6.54 Å². The van der Waals surface area contributed by atoms with E-state index in [0.717, 1.165) is 6.07 Å². The maximum absolute atomic E-state index is 13.3. The van der Waals surface area contributed by atoms with Gasteiger partial charge in [0.25, 0.3) is 5.91 Å². The van der Waals surface area contributed by atoms with Crippen molar-refractivity contribution in [2.45, 2.75) is 6.54 Å². The van der Waals surface area contributed by atoms with Crippen LogP contribution in [0.2, 0.25) is 10.0 Å². The van der Waals surface area contributed by atoms with Gasteiger partial charge in [-0.25, -0.2) is 4.39 Å². The van der Waals surface area contributed by atoms with E-state index in [0.29, 0.717) is 5.56 Å². The van der Waals surface area contributed by atoms with Crippen molar-refractivity contribution >= 4 is 29.1 Å². The average molecular weight is 315 g/mol. The Morgan fingerprint density at radius 3 is 2.70 bits per heavy atom. The van der Waals surface area contributed by atoms with Crippen LogP contribution in [0.3, 0.4) is 0 Å². The van der Waals surface area contributed by atoms with Crippen LogP contribution in [0.15, 0.2) is 35.3 Å². The Morgan fingerprint density at radius 1 is 1.25 bits per heavy atom. The standard InChI is InChI=1S/C13H9Cl2FN2O2/c14-9-5-10(15)11(16)4-8(9)13(20)18-6-7-1-2-17-12(19)3-7/h1-5H,6H2,(H,17,19)(H,18,20). The third kappa shape index (κ3) is 3.37. The zero-order valence-electron chi connectivity index (χ0n) is 10.0. The van der Waals surface area contributed by atoms with Gasteiger partial charge in [-0.3, -0.25) is 9.59 Å². The second kappa shape index (κ2) is 6.07. The number of benzene rings is 1. The quantitative estimate of drug-likeness (QED) is 0.856. The molecule has 2 N–H and O–H groups in total. The molecule has 0 aliphatic rings. The summed E-state index contributed by atoms with van der Waals surface area (Å²) in [4.78, 5) is 25.4. The number of carbonyl (C=O) groups excluding carboxylic acids is 1. The second-order valence-corrected chi connectivity index (χ2v) is 4.80. The van der Waals surface area contributed by atoms with Crippen molar-refractivity contribution in [3.05, 3.63) is 67.8 Å². The van der Waals surface area contributed by atoms with Crippen molar-refractivity contribution in [1.29, 1.82) is 0 Å². The lowest BCUT2D eigenvalue weighted by atomic mass is 10.2. The summed E-state index contributed by atoms with van der Waals surface area (Å²) in [7, 11) is 0. The molecule has 0 unspecified atom stereocenters. The summed E-state index contributed by atoms with van der Waals surface area (Å²) >= 11 is 11.4. The summed E-state index contributed by atoms with van der Waals surface area (Å²) in [5.74, 6) is -1.27. The lowest BCUT2D eigenvalue weighted by molar-refractivity contribution is 0.0950. The highest BCUT2D eigenvalue weighted by molar-refractivity contribution is 6.36. The lowest BCUT2D eigenvalue weighted by Crippen LogP contribution is -2.24. The number of hydrogen-bond donors (Lipinski definition) is 2. The highest BCUT2D eigenvalue weighted by Crippen LogP contribution is 2.24. The predicted molar refractivity (Wildman–Crippen MR) is 74.7 cm³/mol. The molecule has 0 saturated carbocycles. The van der Waals surface area contributed by atoms with Gasteiger partial charge in [-0.2, -0.15) is 0 Å². The van der Waals surface area contributed by atoms with Gasteiger partial charge in [-0.05, 0) is 23.8 Å². The van der Waals surface area contributed by atoms with Gasteiger partial charge >= 0.3 is 0 Å². The molecule has 7 heteroatoms. The minimum Gasteiger partial charge on any atom is -0.348 e. The van der Waals surface area contributed by atoms with Crippen molar-refractivity contribution in [3.8, 4) is 0 Å². The second-order valence-electron chi connectivity index (χ2n) is 3.99. The molecule has 2 aromatic rings. The summed E-state index contributed by atoms with van der Waals surface area (Å²) in [6, 6.07) is 5.13. The van der Waals surface area contributed by atoms with Gasteiger partial charge in [0, 0.05) is 18.8 Å². The summed E-state index contributed by atoms with van der Waals surface area (Å²) in [5, 5.41) is 2.45. The first kappa shape index (κ1) is 14.6. The van der Waals surface area contributed by atoms with Gasteiger partial charge in [0.15, 0.2) is 0 Å². The Hall–Kier alpha value is -1.85. The molecule has 1 heterocycles. The van der Waals surface area contributed by atoms with Crippen LogP contribution in [0.25, 0.3) is 0 Å². The van der Waals surface area contributed by atoms with E-state index in [1.54, 1.807) is 6.07 Å². The van der Waals surface area contributed by atoms with Crippen LogP contribution in [-0.4, -0.2) is 10.9 Å². The van der Waals surface area contributed by atoms with Crippen molar-refractivity contribution < 1.29 is 9.18 Å². The van der Waals surface area contributed by atoms with Crippen LogP contribution in [0.1, 0.15) is 15.9 Å². The Labute approximate surface area is 123 Å². The molecule has 0 atom stereocenters. The zero-order chi connectivity index (χ0) is 14.7. The Morgan fingerprint density at radius 2 is 2.00 bits per heavy atom. The largest absolute Gasteiger partial charge is 0.348 e. The van der Waals surface area contributed by atoms with Crippen LogP contribution in [0.4, 0.5) is 4.39 Å². The topological polar surface area (TPSA) is 62.0 Å². The number of carbonyl (C=O) groups is 1. The zero-order valence-corrected chi connectivity index (χ0v) is 11.6. The average Bonchev–Trinajstić information content (AvgIpc) is 2.40. The molecule has 0 aliphatic carbocycles. The van der Waals surface area contributed by atoms with E-state index in [1.807, 2.05) is 0 Å². The molecule has 1 aromatic heterocycles. The van der Waals surface area contributed by atoms with E-state index in [4.69, 9.17) is 23.2 Å². The number of H-pyrrole nitrogens is 1. The summed E-state index contributed by atoms with van der Waals surface area (Å²) < 4.78 is 13.3. The van der Waals surface area contributed by atoms with Crippen LogP contribution >= 0.6 is 23.2 Å². The smallest absolute Gasteiger partial charge is 0.253 e. The number of hydrogen-bond acceptors (Lipinski definition) is 2. The van der Waals surface area contributed by atoms with Gasteiger partial charge in [-0.15, -0.1) is 0 Å².